The van der Waals surface area contributed by atoms with Gasteiger partial charge in [-0.15, -0.1) is 0 Å². The van der Waals surface area contributed by atoms with Gasteiger partial charge >= 0.3 is 0 Å². The first-order valence-electron chi connectivity index (χ1n) is 21.2. The van der Waals surface area contributed by atoms with Gasteiger partial charge in [0.25, 0.3) is 0 Å². The van der Waals surface area contributed by atoms with Gasteiger partial charge in [-0.3, -0.25) is 0 Å². The van der Waals surface area contributed by atoms with Crippen molar-refractivity contribution in [3.63, 3.8) is 0 Å². The van der Waals surface area contributed by atoms with E-state index in [1.165, 1.54) is 44.2 Å². The lowest BCUT2D eigenvalue weighted by atomic mass is 9.75. The van der Waals surface area contributed by atoms with Crippen LogP contribution in [0.4, 0.5) is 17.1 Å². The Bertz CT molecular complexity index is 2970. The lowest BCUT2D eigenvalue weighted by Gasteiger charge is -2.35. The standard InChI is InChI=1S/C58H45NO2/c1-57(2)48-22-10-12-26-53(48)60-55-44(20-14-24-50(55)57)39-28-32-41(33-29-39)59(52-37-36-43(38-16-6-5-7-17-38)46-18-8-9-19-47(46)52)42-34-30-40(31-35-42)45-21-15-25-51-56(45)61-54-27-13-11-23-49(54)58(51,3)4/h5-37H,1-4H3. The fourth-order valence-electron chi connectivity index (χ4n) is 9.74. The predicted octanol–water partition coefficient (Wildman–Crippen LogP) is 16.2. The highest BCUT2D eigenvalue weighted by atomic mass is 16.5. The molecule has 0 saturated carbocycles. The Balaban J connectivity index is 1.03. The number of hydrogen-bond donors (Lipinski definition) is 0. The summed E-state index contributed by atoms with van der Waals surface area (Å²) in [5, 5.41) is 2.38. The van der Waals surface area contributed by atoms with Crippen molar-refractivity contribution in [3.8, 4) is 56.4 Å². The Kier molecular flexibility index (Phi) is 8.51. The van der Waals surface area contributed by atoms with Crippen LogP contribution >= 0.6 is 0 Å². The summed E-state index contributed by atoms with van der Waals surface area (Å²) in [7, 11) is 0. The lowest BCUT2D eigenvalue weighted by Crippen LogP contribution is -2.24. The Hall–Kier alpha value is -7.36. The highest BCUT2D eigenvalue weighted by Crippen LogP contribution is 2.53. The molecule has 0 saturated heterocycles. The monoisotopic (exact) mass is 787 g/mol. The van der Waals surface area contributed by atoms with E-state index in [0.717, 1.165) is 62.3 Å². The maximum absolute atomic E-state index is 6.70. The molecular formula is C58H45NO2. The molecule has 0 aromatic heterocycles. The van der Waals surface area contributed by atoms with Gasteiger partial charge in [-0.1, -0.05) is 185 Å². The van der Waals surface area contributed by atoms with E-state index in [1.807, 2.05) is 0 Å². The molecule has 0 radical (unpaired) electrons. The lowest BCUT2D eigenvalue weighted by molar-refractivity contribution is 0.419. The van der Waals surface area contributed by atoms with Gasteiger partial charge in [0, 0.05) is 61.0 Å². The van der Waals surface area contributed by atoms with E-state index in [9.17, 15) is 0 Å². The third-order valence-electron chi connectivity index (χ3n) is 13.0. The van der Waals surface area contributed by atoms with Crippen LogP contribution in [0.15, 0.2) is 200 Å². The van der Waals surface area contributed by atoms with Gasteiger partial charge in [0.1, 0.15) is 23.0 Å². The second-order valence-electron chi connectivity index (χ2n) is 17.3. The summed E-state index contributed by atoms with van der Waals surface area (Å²) < 4.78 is 13.4. The molecule has 0 atom stereocenters. The average Bonchev–Trinajstić information content (AvgIpc) is 3.30. The SMILES string of the molecule is CC1(C)c2ccccc2Oc2c(-c3ccc(N(c4ccc(-c5cccc6c5Oc5ccccc5C6(C)C)cc4)c4ccc(-c5ccccc5)c5ccccc45)cc3)cccc21. The second kappa shape index (κ2) is 14.1. The maximum atomic E-state index is 6.70. The molecule has 0 fully saturated rings. The molecule has 2 aliphatic rings. The van der Waals surface area contributed by atoms with Gasteiger partial charge in [0.05, 0.1) is 5.69 Å². The number of nitrogens with zero attached hydrogens (tertiary/aromatic N) is 1. The smallest absolute Gasteiger partial charge is 0.139 e. The summed E-state index contributed by atoms with van der Waals surface area (Å²) in [6.45, 7) is 9.15. The van der Waals surface area contributed by atoms with Gasteiger partial charge in [0.15, 0.2) is 0 Å². The fraction of sp³-hybridized carbons (Fsp3) is 0.103. The van der Waals surface area contributed by atoms with Crippen LogP contribution in [0.5, 0.6) is 23.0 Å². The molecule has 0 bridgehead atoms. The number of hydrogen-bond acceptors (Lipinski definition) is 3. The molecule has 3 heteroatoms. The highest BCUT2D eigenvalue weighted by molar-refractivity contribution is 6.06. The molecule has 0 unspecified atom stereocenters. The summed E-state index contributed by atoms with van der Waals surface area (Å²) in [4.78, 5) is 2.39. The quantitative estimate of drug-likeness (QED) is 0.168. The maximum Gasteiger partial charge on any atom is 0.139 e. The first-order valence-corrected chi connectivity index (χ1v) is 21.2. The Morgan fingerprint density at radius 2 is 0.754 bits per heavy atom. The summed E-state index contributed by atoms with van der Waals surface area (Å²) in [6.07, 6.45) is 0. The zero-order chi connectivity index (χ0) is 41.3. The van der Waals surface area contributed by atoms with Crippen molar-refractivity contribution in [3.05, 3.63) is 222 Å². The topological polar surface area (TPSA) is 21.7 Å². The second-order valence-corrected chi connectivity index (χ2v) is 17.3. The van der Waals surface area contributed by atoms with E-state index in [1.54, 1.807) is 0 Å². The van der Waals surface area contributed by atoms with Crippen LogP contribution in [0.25, 0.3) is 44.2 Å². The molecular weight excluding hydrogens is 743 g/mol. The predicted molar refractivity (Wildman–Crippen MR) is 252 cm³/mol. The van der Waals surface area contributed by atoms with E-state index in [-0.39, 0.29) is 10.8 Å². The molecule has 61 heavy (non-hydrogen) atoms. The number of anilines is 3. The summed E-state index contributed by atoms with van der Waals surface area (Å²) in [5.41, 5.74) is 14.4. The van der Waals surface area contributed by atoms with Crippen LogP contribution in [-0.2, 0) is 10.8 Å². The van der Waals surface area contributed by atoms with E-state index in [4.69, 9.17) is 9.47 Å². The summed E-state index contributed by atoms with van der Waals surface area (Å²) in [6, 6.07) is 71.7. The van der Waals surface area contributed by atoms with Crippen molar-refractivity contribution < 1.29 is 9.47 Å². The van der Waals surface area contributed by atoms with Gasteiger partial charge < -0.3 is 14.4 Å². The number of benzene rings is 9. The molecule has 2 aliphatic heterocycles. The Labute approximate surface area is 358 Å². The van der Waals surface area contributed by atoms with Crippen molar-refractivity contribution in [1.82, 2.24) is 0 Å². The molecule has 0 aliphatic carbocycles. The first kappa shape index (κ1) is 36.7. The van der Waals surface area contributed by atoms with Gasteiger partial charge in [-0.05, 0) is 70.1 Å². The molecule has 294 valence electrons. The van der Waals surface area contributed by atoms with E-state index >= 15 is 0 Å². The van der Waals surface area contributed by atoms with Crippen LogP contribution in [0.2, 0.25) is 0 Å². The van der Waals surface area contributed by atoms with Crippen molar-refractivity contribution in [1.29, 1.82) is 0 Å². The van der Waals surface area contributed by atoms with Gasteiger partial charge in [-0.25, -0.2) is 0 Å². The largest absolute Gasteiger partial charge is 0.456 e. The summed E-state index contributed by atoms with van der Waals surface area (Å²) in [5.74, 6) is 3.68. The molecule has 9 aromatic carbocycles. The molecule has 0 spiro atoms. The number of para-hydroxylation sites is 4. The molecule has 11 rings (SSSR count). The van der Waals surface area contributed by atoms with Gasteiger partial charge in [0.2, 0.25) is 0 Å². The third kappa shape index (κ3) is 5.95. The summed E-state index contributed by atoms with van der Waals surface area (Å²) >= 11 is 0. The van der Waals surface area contributed by atoms with Crippen LogP contribution < -0.4 is 14.4 Å². The highest BCUT2D eigenvalue weighted by Gasteiger charge is 2.36. The Morgan fingerprint density at radius 1 is 0.328 bits per heavy atom. The number of fused-ring (bicyclic) bond motifs is 5. The van der Waals surface area contributed by atoms with Crippen LogP contribution in [-0.4, -0.2) is 0 Å². The minimum atomic E-state index is -0.193. The zero-order valence-corrected chi connectivity index (χ0v) is 34.8. The number of ether oxygens (including phenoxy) is 2. The van der Waals surface area contributed by atoms with Crippen molar-refractivity contribution >= 4 is 27.8 Å². The minimum absolute atomic E-state index is 0.193. The molecule has 3 nitrogen and oxygen atoms in total. The Morgan fingerprint density at radius 3 is 1.28 bits per heavy atom. The molecule has 0 N–H and O–H groups in total. The van der Waals surface area contributed by atoms with E-state index in [2.05, 4.69) is 233 Å². The zero-order valence-electron chi connectivity index (χ0n) is 34.8. The van der Waals surface area contributed by atoms with Crippen molar-refractivity contribution in [2.45, 2.75) is 38.5 Å². The van der Waals surface area contributed by atoms with Crippen molar-refractivity contribution in [2.75, 3.05) is 4.90 Å². The van der Waals surface area contributed by atoms with Crippen LogP contribution in [0, 0.1) is 0 Å². The van der Waals surface area contributed by atoms with Crippen LogP contribution in [0.3, 0.4) is 0 Å². The molecule has 9 aromatic rings. The minimum Gasteiger partial charge on any atom is -0.456 e. The van der Waals surface area contributed by atoms with Crippen LogP contribution in [0.1, 0.15) is 49.9 Å². The average molecular weight is 788 g/mol. The third-order valence-corrected chi connectivity index (χ3v) is 13.0. The van der Waals surface area contributed by atoms with E-state index < -0.39 is 0 Å². The molecule has 0 amide bonds. The normalized spacial score (nSPS) is 14.1. The first-order chi connectivity index (χ1) is 29.8. The number of rotatable bonds is 6. The van der Waals surface area contributed by atoms with E-state index in [0.29, 0.717) is 0 Å². The van der Waals surface area contributed by atoms with Gasteiger partial charge in [-0.2, -0.15) is 0 Å². The van der Waals surface area contributed by atoms with Crippen molar-refractivity contribution in [2.24, 2.45) is 0 Å². The molecule has 2 heterocycles. The fourth-order valence-corrected chi connectivity index (χ4v) is 9.74.